The summed E-state index contributed by atoms with van der Waals surface area (Å²) in [6, 6.07) is 0. The van der Waals surface area contributed by atoms with E-state index in [1.165, 1.54) is 0 Å². The Labute approximate surface area is 207 Å². The monoisotopic (exact) mass is 598 g/mol. The molecule has 3 atom stereocenters. The number of carbonyl (C=O) groups excluding carboxylic acids is 3. The Hall–Kier alpha value is 1.45. The Morgan fingerprint density at radius 3 is 0.857 bits per heavy atom. The van der Waals surface area contributed by atoms with Gasteiger partial charge in [0.25, 0.3) is 0 Å². The summed E-state index contributed by atoms with van der Waals surface area (Å²) in [5.41, 5.74) is 0. The van der Waals surface area contributed by atoms with Crippen LogP contribution in [0.15, 0.2) is 0 Å². The molecule has 0 rings (SSSR count). The number of hydrogen-bond donors (Lipinski definition) is 0. The Kier molecular flexibility index (Phi) is 11.9. The van der Waals surface area contributed by atoms with Crippen LogP contribution < -0.4 is 0 Å². The van der Waals surface area contributed by atoms with Crippen molar-refractivity contribution in [3.63, 3.8) is 0 Å². The minimum absolute atomic E-state index is 0.930. The summed E-state index contributed by atoms with van der Waals surface area (Å²) in [6.07, 6.45) is 0. The van der Waals surface area contributed by atoms with E-state index in [0.717, 1.165) is 20.8 Å². The molecule has 0 fully saturated rings. The summed E-state index contributed by atoms with van der Waals surface area (Å²) in [6.45, 7) is 2.97. The largest absolute Gasteiger partial charge is 0.453 e. The predicted octanol–water partition coefficient (Wildman–Crippen LogP) is 6.25. The van der Waals surface area contributed by atoms with Gasteiger partial charge in [-0.15, -0.1) is 0 Å². The van der Waals surface area contributed by atoms with Crippen LogP contribution >= 0.6 is 112 Å². The van der Waals surface area contributed by atoms with Gasteiger partial charge < -0.3 is 14.2 Å². The maximum atomic E-state index is 11.6. The quantitative estimate of drug-likeness (QED) is 0.155. The molecule has 0 N–H and O–H groups in total. The third kappa shape index (κ3) is 10.2. The van der Waals surface area contributed by atoms with Crippen LogP contribution in [0, 0.1) is 0 Å². The minimum atomic E-state index is -2.63. The van der Waals surface area contributed by atoms with Crippen LogP contribution in [-0.4, -0.2) is 46.8 Å². The minimum Gasteiger partial charge on any atom is -0.453 e. The molecule has 0 radical (unpaired) electrons. The molecule has 0 amide bonds. The van der Waals surface area contributed by atoms with E-state index in [1.807, 2.05) is 0 Å². The van der Waals surface area contributed by atoms with Crippen molar-refractivity contribution in [1.29, 1.82) is 0 Å². The Balaban J connectivity index is 6.79. The number of halogens is 9. The van der Waals surface area contributed by atoms with Crippen molar-refractivity contribution in [3.05, 3.63) is 0 Å². The third-order valence-electron chi connectivity index (χ3n) is 2.49. The summed E-state index contributed by atoms with van der Waals surface area (Å²) < 4.78 is 7.99. The Morgan fingerprint density at radius 1 is 0.571 bits per heavy atom. The first-order valence-electron chi connectivity index (χ1n) is 6.77. The summed E-state index contributed by atoms with van der Waals surface area (Å²) in [5, 5.41) is 0. The first kappa shape index (κ1) is 29.5. The van der Waals surface area contributed by atoms with E-state index in [4.69, 9.17) is 119 Å². The molecule has 0 spiro atoms. The molecule has 0 aromatic rings. The van der Waals surface area contributed by atoms with Gasteiger partial charge in [0.2, 0.25) is 11.4 Å². The van der Waals surface area contributed by atoms with Crippen LogP contribution in [-0.2, 0) is 28.6 Å². The van der Waals surface area contributed by atoms with Crippen LogP contribution in [0.2, 0.25) is 0 Å². The van der Waals surface area contributed by atoms with Crippen molar-refractivity contribution >= 4 is 130 Å². The van der Waals surface area contributed by atoms with Crippen molar-refractivity contribution in [2.45, 2.75) is 49.7 Å². The van der Waals surface area contributed by atoms with E-state index in [-0.39, 0.29) is 0 Å². The molecule has 0 bridgehead atoms. The van der Waals surface area contributed by atoms with E-state index in [9.17, 15) is 14.4 Å². The standard InChI is InChI=1S/C12H12Cl9O6P/c1-4(22)25-7(10(13,14)15)28(8(11(16,17)18)26-5(2)23)9(12(19,20)21)27-6(3)24/h7-9H,1-3H3/t7-,8-,9+/m0/s1. The van der Waals surface area contributed by atoms with Gasteiger partial charge in [-0.3, -0.25) is 14.4 Å². The smallest absolute Gasteiger partial charge is 0.303 e. The third-order valence-corrected chi connectivity index (χ3v) is 8.74. The summed E-state index contributed by atoms with van der Waals surface area (Å²) in [4.78, 5) is 34.8. The highest BCUT2D eigenvalue weighted by Gasteiger charge is 2.59. The van der Waals surface area contributed by atoms with Gasteiger partial charge in [0.15, 0.2) is 17.5 Å². The molecule has 0 aromatic carbocycles. The van der Waals surface area contributed by atoms with Crippen LogP contribution in [0.5, 0.6) is 0 Å². The molecule has 28 heavy (non-hydrogen) atoms. The first-order valence-corrected chi connectivity index (χ1v) is 11.7. The molecule has 0 heterocycles. The zero-order chi connectivity index (χ0) is 22.7. The second-order valence-corrected chi connectivity index (χ2v) is 14.4. The highest BCUT2D eigenvalue weighted by Crippen LogP contribution is 2.67. The molecular formula is C12H12Cl9O6P. The topological polar surface area (TPSA) is 78.9 Å². The fourth-order valence-corrected chi connectivity index (χ4v) is 7.74. The summed E-state index contributed by atoms with van der Waals surface area (Å²) in [5.74, 6) is -8.15. The molecule has 0 saturated heterocycles. The Bertz CT molecular complexity index is 505. The van der Waals surface area contributed by atoms with E-state index < -0.39 is 54.7 Å². The van der Waals surface area contributed by atoms with Crippen LogP contribution in [0.3, 0.4) is 0 Å². The molecular weight excluding hydrogens is 590 g/mol. The number of rotatable bonds is 6. The normalized spacial score (nSPS) is 16.2. The number of esters is 3. The van der Waals surface area contributed by atoms with Crippen molar-refractivity contribution in [1.82, 2.24) is 0 Å². The number of alkyl halides is 9. The molecule has 0 aliphatic carbocycles. The van der Waals surface area contributed by atoms with Gasteiger partial charge in [-0.1, -0.05) is 104 Å². The fraction of sp³-hybridized carbons (Fsp3) is 0.750. The lowest BCUT2D eigenvalue weighted by Gasteiger charge is -2.43. The van der Waals surface area contributed by atoms with Gasteiger partial charge in [-0.25, -0.2) is 0 Å². The lowest BCUT2D eigenvalue weighted by molar-refractivity contribution is -0.144. The second-order valence-electron chi connectivity index (χ2n) is 4.96. The maximum Gasteiger partial charge on any atom is 0.303 e. The average Bonchev–Trinajstić information content (AvgIpc) is 2.39. The van der Waals surface area contributed by atoms with Gasteiger partial charge in [-0.2, -0.15) is 0 Å². The number of ether oxygens (including phenoxy) is 3. The van der Waals surface area contributed by atoms with E-state index in [2.05, 4.69) is 0 Å². The maximum absolute atomic E-state index is 11.6. The first-order chi connectivity index (χ1) is 12.3. The fourth-order valence-electron chi connectivity index (χ4n) is 1.73. The van der Waals surface area contributed by atoms with E-state index >= 15 is 0 Å². The predicted molar refractivity (Wildman–Crippen MR) is 114 cm³/mol. The second kappa shape index (κ2) is 11.4. The Morgan fingerprint density at radius 2 is 0.750 bits per heavy atom. The van der Waals surface area contributed by atoms with E-state index in [1.54, 1.807) is 0 Å². The van der Waals surface area contributed by atoms with Crippen LogP contribution in [0.4, 0.5) is 0 Å². The SMILES string of the molecule is CC(=O)O[C@H](P([C@H](OC(C)=O)C(Cl)(Cl)Cl)[C@H](OC(C)=O)C(Cl)(Cl)Cl)C(Cl)(Cl)Cl. The van der Waals surface area contributed by atoms with Crippen molar-refractivity contribution in [2.24, 2.45) is 0 Å². The molecule has 16 heteroatoms. The van der Waals surface area contributed by atoms with Crippen molar-refractivity contribution < 1.29 is 28.6 Å². The molecule has 0 saturated carbocycles. The van der Waals surface area contributed by atoms with Crippen LogP contribution in [0.1, 0.15) is 20.8 Å². The average molecular weight is 602 g/mol. The lowest BCUT2D eigenvalue weighted by Crippen LogP contribution is -2.45. The molecule has 0 aromatic heterocycles. The highest BCUT2D eigenvalue weighted by atomic mass is 35.6. The van der Waals surface area contributed by atoms with Gasteiger partial charge >= 0.3 is 17.9 Å². The number of hydrogen-bond acceptors (Lipinski definition) is 6. The zero-order valence-electron chi connectivity index (χ0n) is 14.0. The van der Waals surface area contributed by atoms with Gasteiger partial charge in [0, 0.05) is 28.7 Å². The van der Waals surface area contributed by atoms with Gasteiger partial charge in [0.05, 0.1) is 0 Å². The van der Waals surface area contributed by atoms with Crippen molar-refractivity contribution in [2.75, 3.05) is 0 Å². The molecule has 0 aliphatic heterocycles. The van der Waals surface area contributed by atoms with Gasteiger partial charge in [-0.05, 0) is 0 Å². The molecule has 6 nitrogen and oxygen atoms in total. The molecule has 164 valence electrons. The van der Waals surface area contributed by atoms with Crippen molar-refractivity contribution in [3.8, 4) is 0 Å². The molecule has 0 aliphatic rings. The van der Waals surface area contributed by atoms with Gasteiger partial charge in [0.1, 0.15) is 0 Å². The summed E-state index contributed by atoms with van der Waals surface area (Å²) >= 11 is 53.4. The summed E-state index contributed by atoms with van der Waals surface area (Å²) in [7, 11) is -2.63. The zero-order valence-corrected chi connectivity index (χ0v) is 21.7. The lowest BCUT2D eigenvalue weighted by atomic mass is 10.7. The van der Waals surface area contributed by atoms with Crippen LogP contribution in [0.25, 0.3) is 0 Å². The molecule has 0 unspecified atom stereocenters. The van der Waals surface area contributed by atoms with E-state index in [0.29, 0.717) is 0 Å². The highest BCUT2D eigenvalue weighted by molar-refractivity contribution is 7.61. The number of carbonyl (C=O) groups is 3.